The van der Waals surface area contributed by atoms with Gasteiger partial charge in [0.1, 0.15) is 0 Å². The zero-order valence-corrected chi connectivity index (χ0v) is 17.9. The minimum Gasteiger partial charge on any atom is -0.345 e. The van der Waals surface area contributed by atoms with Gasteiger partial charge in [0.25, 0.3) is 11.5 Å². The average Bonchev–Trinajstić information content (AvgIpc) is 2.67. The summed E-state index contributed by atoms with van der Waals surface area (Å²) in [4.78, 5) is 29.8. The molecule has 0 saturated carbocycles. The summed E-state index contributed by atoms with van der Waals surface area (Å²) in [6.45, 7) is 8.53. The molecule has 5 nitrogen and oxygen atoms in total. The van der Waals surface area contributed by atoms with Gasteiger partial charge in [0.15, 0.2) is 0 Å². The molecule has 4 rings (SSSR count). The molecule has 1 fully saturated rings. The number of rotatable bonds is 4. The number of carbonyl (C=O) groups excluding carboxylic acids is 1. The molecule has 0 unspecified atom stereocenters. The van der Waals surface area contributed by atoms with Gasteiger partial charge in [-0.2, -0.15) is 0 Å². The second-order valence-electron chi connectivity index (χ2n) is 9.27. The lowest BCUT2D eigenvalue weighted by Gasteiger charge is -2.43. The SMILES string of the molecule is CC(C)CN1C[C@@H]2C[C@H](C1)c1cc(-c3ccccc3C(=O)N(C)C)cc(=O)n1C2. The van der Waals surface area contributed by atoms with Gasteiger partial charge in [0, 0.05) is 63.5 Å². The third-order valence-electron chi connectivity index (χ3n) is 6.13. The van der Waals surface area contributed by atoms with Crippen LogP contribution in [-0.4, -0.2) is 54.0 Å². The summed E-state index contributed by atoms with van der Waals surface area (Å²) in [5.74, 6) is 1.53. The van der Waals surface area contributed by atoms with E-state index in [2.05, 4.69) is 24.8 Å². The highest BCUT2D eigenvalue weighted by atomic mass is 16.2. The quantitative estimate of drug-likeness (QED) is 0.801. The predicted octanol–water partition coefficient (Wildman–Crippen LogP) is 3.29. The van der Waals surface area contributed by atoms with Crippen molar-refractivity contribution in [2.24, 2.45) is 11.8 Å². The second kappa shape index (κ2) is 7.79. The molecule has 1 aromatic heterocycles. The van der Waals surface area contributed by atoms with E-state index in [1.807, 2.05) is 28.8 Å². The van der Waals surface area contributed by atoms with Crippen LogP contribution in [0.2, 0.25) is 0 Å². The Morgan fingerprint density at radius 3 is 2.62 bits per heavy atom. The van der Waals surface area contributed by atoms with Crippen LogP contribution in [0, 0.1) is 11.8 Å². The fourth-order valence-electron chi connectivity index (χ4n) is 5.04. The van der Waals surface area contributed by atoms with Crippen LogP contribution in [0.5, 0.6) is 0 Å². The Labute approximate surface area is 172 Å². The molecule has 0 spiro atoms. The van der Waals surface area contributed by atoms with E-state index in [-0.39, 0.29) is 11.5 Å². The summed E-state index contributed by atoms with van der Waals surface area (Å²) in [6.07, 6.45) is 1.15. The van der Waals surface area contributed by atoms with E-state index in [0.717, 1.165) is 49.4 Å². The molecular formula is C24H31N3O2. The van der Waals surface area contributed by atoms with E-state index >= 15 is 0 Å². The largest absolute Gasteiger partial charge is 0.345 e. The smallest absolute Gasteiger partial charge is 0.253 e. The number of benzene rings is 1. The first-order valence-corrected chi connectivity index (χ1v) is 10.6. The zero-order chi connectivity index (χ0) is 20.7. The first-order valence-electron chi connectivity index (χ1n) is 10.6. The van der Waals surface area contributed by atoms with Gasteiger partial charge in [0.05, 0.1) is 0 Å². The highest BCUT2D eigenvalue weighted by molar-refractivity contribution is 6.00. The molecule has 2 aliphatic rings. The van der Waals surface area contributed by atoms with E-state index in [0.29, 0.717) is 23.3 Å². The van der Waals surface area contributed by atoms with E-state index in [9.17, 15) is 9.59 Å². The number of hydrogen-bond acceptors (Lipinski definition) is 3. The van der Waals surface area contributed by atoms with Crippen LogP contribution in [0.3, 0.4) is 0 Å². The lowest BCUT2D eigenvalue weighted by Crippen LogP contribution is -2.48. The van der Waals surface area contributed by atoms with Gasteiger partial charge in [-0.15, -0.1) is 0 Å². The van der Waals surface area contributed by atoms with Crippen molar-refractivity contribution < 1.29 is 4.79 Å². The van der Waals surface area contributed by atoms with Crippen LogP contribution < -0.4 is 5.56 Å². The number of carbonyl (C=O) groups is 1. The van der Waals surface area contributed by atoms with Crippen molar-refractivity contribution in [3.63, 3.8) is 0 Å². The molecule has 2 aromatic rings. The summed E-state index contributed by atoms with van der Waals surface area (Å²) in [5.41, 5.74) is 3.51. The molecule has 29 heavy (non-hydrogen) atoms. The molecule has 2 atom stereocenters. The third-order valence-corrected chi connectivity index (χ3v) is 6.13. The van der Waals surface area contributed by atoms with Crippen molar-refractivity contribution in [2.75, 3.05) is 33.7 Å². The van der Waals surface area contributed by atoms with Crippen LogP contribution in [0.25, 0.3) is 11.1 Å². The van der Waals surface area contributed by atoms with Gasteiger partial charge in [-0.1, -0.05) is 32.0 Å². The van der Waals surface area contributed by atoms with Gasteiger partial charge >= 0.3 is 0 Å². The number of likely N-dealkylation sites (tertiary alicyclic amines) is 1. The molecule has 1 amide bonds. The van der Waals surface area contributed by atoms with Crippen LogP contribution in [0.15, 0.2) is 41.2 Å². The molecule has 1 aromatic carbocycles. The van der Waals surface area contributed by atoms with Crippen LogP contribution in [0.4, 0.5) is 0 Å². The molecular weight excluding hydrogens is 362 g/mol. The van der Waals surface area contributed by atoms with Crippen molar-refractivity contribution in [1.82, 2.24) is 14.4 Å². The standard InChI is InChI=1S/C24H31N3O2/c1-16(2)12-26-13-17-9-19(15-26)22-10-18(11-23(28)27(22)14-17)20-7-5-6-8-21(20)24(29)25(3)4/h5-8,10-11,16-17,19H,9,12-15H2,1-4H3/t17-,19+/m0/s1. The van der Waals surface area contributed by atoms with Crippen LogP contribution in [-0.2, 0) is 6.54 Å². The lowest BCUT2D eigenvalue weighted by molar-refractivity contribution is 0.0828. The topological polar surface area (TPSA) is 45.6 Å². The normalized spacial score (nSPS) is 21.1. The summed E-state index contributed by atoms with van der Waals surface area (Å²) in [6, 6.07) is 11.5. The number of nitrogens with zero attached hydrogens (tertiary/aromatic N) is 3. The minimum atomic E-state index is -0.0424. The maximum atomic E-state index is 13.0. The number of fused-ring (bicyclic) bond motifs is 4. The van der Waals surface area contributed by atoms with Crippen molar-refractivity contribution in [2.45, 2.75) is 32.7 Å². The first-order chi connectivity index (χ1) is 13.8. The van der Waals surface area contributed by atoms with Crippen LogP contribution >= 0.6 is 0 Å². The van der Waals surface area contributed by atoms with Gasteiger partial charge in [-0.25, -0.2) is 0 Å². The Balaban J connectivity index is 1.75. The van der Waals surface area contributed by atoms with Crippen molar-refractivity contribution in [1.29, 1.82) is 0 Å². The Bertz CT molecular complexity index is 976. The zero-order valence-electron chi connectivity index (χ0n) is 17.9. The summed E-state index contributed by atoms with van der Waals surface area (Å²) in [7, 11) is 3.51. The number of piperidine rings is 1. The Hall–Kier alpha value is -2.40. The van der Waals surface area contributed by atoms with E-state index in [1.54, 1.807) is 25.1 Å². The van der Waals surface area contributed by atoms with Gasteiger partial charge < -0.3 is 14.4 Å². The number of hydrogen-bond donors (Lipinski definition) is 0. The molecule has 0 aliphatic carbocycles. The molecule has 0 N–H and O–H groups in total. The second-order valence-corrected chi connectivity index (χ2v) is 9.27. The number of amides is 1. The van der Waals surface area contributed by atoms with E-state index < -0.39 is 0 Å². The molecule has 2 bridgehead atoms. The van der Waals surface area contributed by atoms with Gasteiger partial charge in [-0.3, -0.25) is 9.59 Å². The van der Waals surface area contributed by atoms with Gasteiger partial charge in [-0.05, 0) is 41.5 Å². The fourth-order valence-corrected chi connectivity index (χ4v) is 5.04. The maximum absolute atomic E-state index is 13.0. The van der Waals surface area contributed by atoms with Crippen molar-refractivity contribution in [3.8, 4) is 11.1 Å². The highest BCUT2D eigenvalue weighted by Gasteiger charge is 2.35. The summed E-state index contributed by atoms with van der Waals surface area (Å²) in [5, 5.41) is 0. The fraction of sp³-hybridized carbons (Fsp3) is 0.500. The van der Waals surface area contributed by atoms with Crippen molar-refractivity contribution >= 4 is 5.91 Å². The third kappa shape index (κ3) is 3.88. The minimum absolute atomic E-state index is 0.0424. The summed E-state index contributed by atoms with van der Waals surface area (Å²) >= 11 is 0. The molecule has 3 heterocycles. The summed E-state index contributed by atoms with van der Waals surface area (Å²) < 4.78 is 1.98. The lowest BCUT2D eigenvalue weighted by atomic mass is 9.82. The molecule has 1 saturated heterocycles. The van der Waals surface area contributed by atoms with Gasteiger partial charge in [0.2, 0.25) is 0 Å². The maximum Gasteiger partial charge on any atom is 0.253 e. The molecule has 0 radical (unpaired) electrons. The highest BCUT2D eigenvalue weighted by Crippen LogP contribution is 2.37. The average molecular weight is 394 g/mol. The molecule has 5 heteroatoms. The number of aromatic nitrogens is 1. The molecule has 154 valence electrons. The van der Waals surface area contributed by atoms with E-state index in [4.69, 9.17) is 0 Å². The van der Waals surface area contributed by atoms with Crippen LogP contribution in [0.1, 0.15) is 42.2 Å². The Kier molecular flexibility index (Phi) is 5.34. The Morgan fingerprint density at radius 1 is 1.14 bits per heavy atom. The van der Waals surface area contributed by atoms with E-state index in [1.165, 1.54) is 0 Å². The predicted molar refractivity (Wildman–Crippen MR) is 116 cm³/mol. The monoisotopic (exact) mass is 393 g/mol. The number of pyridine rings is 1. The Morgan fingerprint density at radius 2 is 1.90 bits per heavy atom. The van der Waals surface area contributed by atoms with Crippen molar-refractivity contribution in [3.05, 3.63) is 58.0 Å². The molecule has 2 aliphatic heterocycles. The first kappa shape index (κ1) is 19.9.